The maximum absolute atomic E-state index is 13.8. The van der Waals surface area contributed by atoms with Crippen LogP contribution in [0.5, 0.6) is 0 Å². The van der Waals surface area contributed by atoms with Gasteiger partial charge in [0.25, 0.3) is 0 Å². The van der Waals surface area contributed by atoms with Crippen molar-refractivity contribution in [2.24, 2.45) is 5.92 Å². The van der Waals surface area contributed by atoms with E-state index in [1.165, 1.54) is 38.2 Å². The summed E-state index contributed by atoms with van der Waals surface area (Å²) in [6.07, 6.45) is 7.79. The van der Waals surface area contributed by atoms with Gasteiger partial charge in [-0.25, -0.2) is 9.18 Å². The zero-order valence-electron chi connectivity index (χ0n) is 14.3. The number of hydrogen-bond acceptors (Lipinski definition) is 2. The number of nitrogens with zero attached hydrogens (tertiary/aromatic N) is 2. The minimum absolute atomic E-state index is 0.0268. The zero-order chi connectivity index (χ0) is 16.8. The first-order chi connectivity index (χ1) is 11.7. The molecule has 2 aliphatic rings. The van der Waals surface area contributed by atoms with Gasteiger partial charge in [0.2, 0.25) is 0 Å². The third-order valence-corrected chi connectivity index (χ3v) is 5.31. The molecule has 24 heavy (non-hydrogen) atoms. The monoisotopic (exact) mass is 333 g/mol. The largest absolute Gasteiger partial charge is 0.366 e. The van der Waals surface area contributed by atoms with Crippen LogP contribution in [0.1, 0.15) is 38.5 Å². The van der Waals surface area contributed by atoms with Crippen LogP contribution in [-0.2, 0) is 0 Å². The molecule has 1 aromatic rings. The molecule has 1 saturated heterocycles. The predicted octanol–water partition coefficient (Wildman–Crippen LogP) is 3.63. The average Bonchev–Trinajstić information content (AvgIpc) is 2.63. The van der Waals surface area contributed by atoms with Crippen LogP contribution >= 0.6 is 0 Å². The van der Waals surface area contributed by atoms with Crippen molar-refractivity contribution < 1.29 is 9.18 Å². The van der Waals surface area contributed by atoms with Gasteiger partial charge in [-0.3, -0.25) is 0 Å². The number of amides is 2. The minimum atomic E-state index is -0.192. The first kappa shape index (κ1) is 17.1. The average molecular weight is 333 g/mol. The molecule has 2 amide bonds. The molecule has 1 aliphatic carbocycles. The number of para-hydroxylation sites is 1. The first-order valence-corrected chi connectivity index (χ1v) is 9.26. The van der Waals surface area contributed by atoms with Crippen molar-refractivity contribution in [1.82, 2.24) is 10.2 Å². The van der Waals surface area contributed by atoms with Gasteiger partial charge in [0.1, 0.15) is 5.82 Å². The molecule has 1 N–H and O–H groups in total. The normalized spacial score (nSPS) is 19.4. The third-order valence-electron chi connectivity index (χ3n) is 5.31. The molecule has 3 rings (SSSR count). The van der Waals surface area contributed by atoms with Crippen LogP contribution in [0.3, 0.4) is 0 Å². The second-order valence-electron chi connectivity index (χ2n) is 6.95. The number of carbonyl (C=O) groups excluding carboxylic acids is 1. The standard InChI is InChI=1S/C19H28FN3O/c20-17-8-4-5-9-18(17)22-12-14-23(15-13-22)19(24)21-11-10-16-6-2-1-3-7-16/h4-5,8-9,16H,1-3,6-7,10-15H2,(H,21,24). The first-order valence-electron chi connectivity index (χ1n) is 9.26. The van der Waals surface area contributed by atoms with Crippen LogP contribution in [0, 0.1) is 11.7 Å². The smallest absolute Gasteiger partial charge is 0.317 e. The van der Waals surface area contributed by atoms with Gasteiger partial charge in [-0.1, -0.05) is 44.2 Å². The lowest BCUT2D eigenvalue weighted by molar-refractivity contribution is 0.193. The maximum atomic E-state index is 13.8. The highest BCUT2D eigenvalue weighted by atomic mass is 19.1. The van der Waals surface area contributed by atoms with E-state index in [0.29, 0.717) is 31.9 Å². The van der Waals surface area contributed by atoms with E-state index in [9.17, 15) is 9.18 Å². The Hall–Kier alpha value is -1.78. The Morgan fingerprint density at radius 2 is 1.79 bits per heavy atom. The Morgan fingerprint density at radius 1 is 1.08 bits per heavy atom. The Morgan fingerprint density at radius 3 is 2.50 bits per heavy atom. The number of nitrogens with one attached hydrogen (secondary N) is 1. The van der Waals surface area contributed by atoms with Crippen molar-refractivity contribution in [3.63, 3.8) is 0 Å². The number of anilines is 1. The number of benzene rings is 1. The molecule has 2 fully saturated rings. The Bertz CT molecular complexity index is 537. The van der Waals surface area contributed by atoms with Crippen molar-refractivity contribution >= 4 is 11.7 Å². The molecule has 0 unspecified atom stereocenters. The highest BCUT2D eigenvalue weighted by Gasteiger charge is 2.22. The van der Waals surface area contributed by atoms with Gasteiger partial charge in [-0.05, 0) is 24.5 Å². The van der Waals surface area contributed by atoms with Crippen molar-refractivity contribution in [2.75, 3.05) is 37.6 Å². The summed E-state index contributed by atoms with van der Waals surface area (Å²) in [6, 6.07) is 6.87. The second kappa shape index (κ2) is 8.36. The minimum Gasteiger partial charge on any atom is -0.366 e. The van der Waals surface area contributed by atoms with Gasteiger partial charge in [-0.2, -0.15) is 0 Å². The second-order valence-corrected chi connectivity index (χ2v) is 6.95. The SMILES string of the molecule is O=C(NCCC1CCCCC1)N1CCN(c2ccccc2F)CC1. The van der Waals surface area contributed by atoms with Crippen LogP contribution < -0.4 is 10.2 Å². The number of carbonyl (C=O) groups is 1. The third kappa shape index (κ3) is 4.40. The number of rotatable bonds is 4. The number of urea groups is 1. The number of piperazine rings is 1. The van der Waals surface area contributed by atoms with Crippen LogP contribution in [0.4, 0.5) is 14.9 Å². The van der Waals surface area contributed by atoms with Gasteiger partial charge in [0, 0.05) is 32.7 Å². The molecule has 132 valence electrons. The molecule has 1 aromatic carbocycles. The quantitative estimate of drug-likeness (QED) is 0.913. The number of hydrogen-bond donors (Lipinski definition) is 1. The lowest BCUT2D eigenvalue weighted by atomic mass is 9.87. The summed E-state index contributed by atoms with van der Waals surface area (Å²) in [5, 5.41) is 3.06. The lowest BCUT2D eigenvalue weighted by Gasteiger charge is -2.36. The summed E-state index contributed by atoms with van der Waals surface area (Å²) in [6.45, 7) is 3.41. The fraction of sp³-hybridized carbons (Fsp3) is 0.632. The van der Waals surface area contributed by atoms with E-state index in [0.717, 1.165) is 18.9 Å². The molecule has 0 atom stereocenters. The summed E-state index contributed by atoms with van der Waals surface area (Å²) in [5.74, 6) is 0.597. The summed E-state index contributed by atoms with van der Waals surface area (Å²) in [5.41, 5.74) is 0.634. The molecule has 0 radical (unpaired) electrons. The lowest BCUT2D eigenvalue weighted by Crippen LogP contribution is -2.52. The van der Waals surface area contributed by atoms with Crippen molar-refractivity contribution in [3.8, 4) is 0 Å². The van der Waals surface area contributed by atoms with Crippen molar-refractivity contribution in [2.45, 2.75) is 38.5 Å². The van der Waals surface area contributed by atoms with Crippen molar-refractivity contribution in [3.05, 3.63) is 30.1 Å². The van der Waals surface area contributed by atoms with Crippen LogP contribution in [0.2, 0.25) is 0 Å². The van der Waals surface area contributed by atoms with Crippen molar-refractivity contribution in [1.29, 1.82) is 0 Å². The fourth-order valence-electron chi connectivity index (χ4n) is 3.83. The highest BCUT2D eigenvalue weighted by Crippen LogP contribution is 2.25. The predicted molar refractivity (Wildman–Crippen MR) is 94.8 cm³/mol. The van der Waals surface area contributed by atoms with E-state index >= 15 is 0 Å². The van der Waals surface area contributed by atoms with Gasteiger partial charge < -0.3 is 15.1 Å². The molecule has 5 heteroatoms. The van der Waals surface area contributed by atoms with E-state index in [2.05, 4.69) is 5.32 Å². The van der Waals surface area contributed by atoms with E-state index < -0.39 is 0 Å². The van der Waals surface area contributed by atoms with Gasteiger partial charge in [0.15, 0.2) is 0 Å². The summed E-state index contributed by atoms with van der Waals surface area (Å²) >= 11 is 0. The van der Waals surface area contributed by atoms with Crippen LogP contribution in [-0.4, -0.2) is 43.7 Å². The van der Waals surface area contributed by atoms with Crippen LogP contribution in [0.25, 0.3) is 0 Å². The zero-order valence-corrected chi connectivity index (χ0v) is 14.3. The highest BCUT2D eigenvalue weighted by molar-refractivity contribution is 5.74. The summed E-state index contributed by atoms with van der Waals surface area (Å²) < 4.78 is 13.8. The molecule has 1 saturated carbocycles. The van der Waals surface area contributed by atoms with Gasteiger partial charge in [-0.15, -0.1) is 0 Å². The molecule has 4 nitrogen and oxygen atoms in total. The molecule has 0 bridgehead atoms. The molecular weight excluding hydrogens is 305 g/mol. The van der Waals surface area contributed by atoms with E-state index in [4.69, 9.17) is 0 Å². The molecule has 1 aliphatic heterocycles. The Labute approximate surface area is 144 Å². The Kier molecular flexibility index (Phi) is 5.94. The van der Waals surface area contributed by atoms with Gasteiger partial charge in [0.05, 0.1) is 5.69 Å². The van der Waals surface area contributed by atoms with E-state index in [-0.39, 0.29) is 11.8 Å². The summed E-state index contributed by atoms with van der Waals surface area (Å²) in [4.78, 5) is 16.1. The molecular formula is C19H28FN3O. The summed E-state index contributed by atoms with van der Waals surface area (Å²) in [7, 11) is 0. The van der Waals surface area contributed by atoms with Gasteiger partial charge >= 0.3 is 6.03 Å². The topological polar surface area (TPSA) is 35.6 Å². The van der Waals surface area contributed by atoms with E-state index in [1.54, 1.807) is 12.1 Å². The number of halogens is 1. The Balaban J connectivity index is 1.39. The van der Waals surface area contributed by atoms with E-state index in [1.807, 2.05) is 15.9 Å². The molecule has 1 heterocycles. The fourth-order valence-corrected chi connectivity index (χ4v) is 3.83. The maximum Gasteiger partial charge on any atom is 0.317 e. The van der Waals surface area contributed by atoms with Crippen LogP contribution in [0.15, 0.2) is 24.3 Å². The molecule has 0 spiro atoms. The molecule has 0 aromatic heterocycles.